The number of ether oxygens (including phenoxy) is 1. The fraction of sp³-hybridized carbons (Fsp3) is 0.294. The van der Waals surface area contributed by atoms with Crippen LogP contribution < -0.4 is 4.74 Å². The van der Waals surface area contributed by atoms with Crippen LogP contribution in [0, 0.1) is 0 Å². The Morgan fingerprint density at radius 3 is 2.42 bits per heavy atom. The molecular formula is C17H20O2. The summed E-state index contributed by atoms with van der Waals surface area (Å²) in [7, 11) is 0. The largest absolute Gasteiger partial charge is 0.490 e. The Balaban J connectivity index is 2.13. The zero-order valence-electron chi connectivity index (χ0n) is 11.3. The standard InChI is InChI=1S/C17H20O2/c1-2-8-15(18)13-19-17-12-7-6-11-16(17)14-9-4-3-5-10-14/h3-7,9-12,15,18H,2,8,13H2,1H3. The third-order valence-corrected chi connectivity index (χ3v) is 3.02. The zero-order chi connectivity index (χ0) is 13.5. The first-order valence-electron chi connectivity index (χ1n) is 6.76. The van der Waals surface area contributed by atoms with Gasteiger partial charge in [-0.3, -0.25) is 0 Å². The quantitative estimate of drug-likeness (QED) is 0.849. The van der Waals surface area contributed by atoms with Crippen molar-refractivity contribution in [3.8, 4) is 16.9 Å². The summed E-state index contributed by atoms with van der Waals surface area (Å²) < 4.78 is 5.76. The molecule has 2 nitrogen and oxygen atoms in total. The lowest BCUT2D eigenvalue weighted by molar-refractivity contribution is 0.0996. The van der Waals surface area contributed by atoms with E-state index in [1.165, 1.54) is 0 Å². The normalized spacial score (nSPS) is 12.1. The molecule has 0 amide bonds. The fourth-order valence-electron chi connectivity index (χ4n) is 2.05. The first kappa shape index (κ1) is 13.6. The third kappa shape index (κ3) is 3.83. The minimum absolute atomic E-state index is 0.345. The van der Waals surface area contributed by atoms with Gasteiger partial charge in [0.05, 0.1) is 6.10 Å². The number of hydrogen-bond donors (Lipinski definition) is 1. The Bertz CT molecular complexity index is 494. The highest BCUT2D eigenvalue weighted by molar-refractivity contribution is 5.70. The highest BCUT2D eigenvalue weighted by Gasteiger charge is 2.08. The van der Waals surface area contributed by atoms with Crippen molar-refractivity contribution in [3.63, 3.8) is 0 Å². The van der Waals surface area contributed by atoms with Crippen LogP contribution >= 0.6 is 0 Å². The molecule has 2 rings (SSSR count). The molecule has 0 radical (unpaired) electrons. The van der Waals surface area contributed by atoms with Gasteiger partial charge in [-0.15, -0.1) is 0 Å². The number of para-hydroxylation sites is 1. The molecular weight excluding hydrogens is 236 g/mol. The van der Waals surface area contributed by atoms with Crippen molar-refractivity contribution < 1.29 is 9.84 Å². The van der Waals surface area contributed by atoms with Crippen LogP contribution in [0.15, 0.2) is 54.6 Å². The van der Waals surface area contributed by atoms with E-state index < -0.39 is 6.10 Å². The average Bonchev–Trinajstić information content (AvgIpc) is 2.47. The van der Waals surface area contributed by atoms with Gasteiger partial charge in [-0.05, 0) is 18.1 Å². The summed E-state index contributed by atoms with van der Waals surface area (Å²) in [5.41, 5.74) is 2.19. The van der Waals surface area contributed by atoms with Gasteiger partial charge in [0, 0.05) is 5.56 Å². The van der Waals surface area contributed by atoms with Crippen LogP contribution in [0.25, 0.3) is 11.1 Å². The van der Waals surface area contributed by atoms with Gasteiger partial charge in [0.15, 0.2) is 0 Å². The fourth-order valence-corrected chi connectivity index (χ4v) is 2.05. The molecule has 1 atom stereocenters. The second-order valence-electron chi connectivity index (χ2n) is 4.62. The summed E-state index contributed by atoms with van der Waals surface area (Å²) in [6, 6.07) is 18.1. The first-order valence-corrected chi connectivity index (χ1v) is 6.76. The van der Waals surface area contributed by atoms with E-state index in [0.717, 1.165) is 29.7 Å². The van der Waals surface area contributed by atoms with Crippen LogP contribution in [-0.4, -0.2) is 17.8 Å². The Labute approximate surface area is 114 Å². The molecule has 0 spiro atoms. The van der Waals surface area contributed by atoms with E-state index in [1.54, 1.807) is 0 Å². The van der Waals surface area contributed by atoms with Gasteiger partial charge in [-0.2, -0.15) is 0 Å². The first-order chi connectivity index (χ1) is 9.31. The molecule has 2 heteroatoms. The smallest absolute Gasteiger partial charge is 0.127 e. The monoisotopic (exact) mass is 256 g/mol. The van der Waals surface area contributed by atoms with Gasteiger partial charge < -0.3 is 9.84 Å². The van der Waals surface area contributed by atoms with E-state index >= 15 is 0 Å². The van der Waals surface area contributed by atoms with Crippen molar-refractivity contribution in [1.29, 1.82) is 0 Å². The SMILES string of the molecule is CCCC(O)COc1ccccc1-c1ccccc1. The lowest BCUT2D eigenvalue weighted by atomic mass is 10.0. The summed E-state index contributed by atoms with van der Waals surface area (Å²) in [4.78, 5) is 0. The Kier molecular flexibility index (Phi) is 4.99. The van der Waals surface area contributed by atoms with Crippen molar-refractivity contribution in [2.24, 2.45) is 0 Å². The molecule has 0 aliphatic heterocycles. The number of hydrogen-bond acceptors (Lipinski definition) is 2. The van der Waals surface area contributed by atoms with Crippen LogP contribution in [0.5, 0.6) is 5.75 Å². The summed E-state index contributed by atoms with van der Waals surface area (Å²) >= 11 is 0. The maximum absolute atomic E-state index is 9.75. The minimum Gasteiger partial charge on any atom is -0.490 e. The predicted molar refractivity (Wildman–Crippen MR) is 78.3 cm³/mol. The van der Waals surface area contributed by atoms with Crippen molar-refractivity contribution in [2.45, 2.75) is 25.9 Å². The maximum Gasteiger partial charge on any atom is 0.127 e. The van der Waals surface area contributed by atoms with Gasteiger partial charge in [-0.25, -0.2) is 0 Å². The average molecular weight is 256 g/mol. The molecule has 2 aromatic carbocycles. The molecule has 0 heterocycles. The topological polar surface area (TPSA) is 29.5 Å². The van der Waals surface area contributed by atoms with Gasteiger partial charge in [0.1, 0.15) is 12.4 Å². The highest BCUT2D eigenvalue weighted by Crippen LogP contribution is 2.29. The molecule has 0 aromatic heterocycles. The molecule has 0 fully saturated rings. The Hall–Kier alpha value is -1.80. The van der Waals surface area contributed by atoms with Gasteiger partial charge >= 0.3 is 0 Å². The van der Waals surface area contributed by atoms with Crippen LogP contribution in [0.4, 0.5) is 0 Å². The minimum atomic E-state index is -0.395. The van der Waals surface area contributed by atoms with Crippen molar-refractivity contribution >= 4 is 0 Å². The molecule has 0 aliphatic carbocycles. The second kappa shape index (κ2) is 6.95. The molecule has 2 aromatic rings. The van der Waals surface area contributed by atoms with Crippen LogP contribution in [0.3, 0.4) is 0 Å². The van der Waals surface area contributed by atoms with E-state index in [9.17, 15) is 5.11 Å². The molecule has 100 valence electrons. The molecule has 19 heavy (non-hydrogen) atoms. The maximum atomic E-state index is 9.75. The Morgan fingerprint density at radius 1 is 1.00 bits per heavy atom. The van der Waals surface area contributed by atoms with Crippen LogP contribution in [0.1, 0.15) is 19.8 Å². The molecule has 1 unspecified atom stereocenters. The molecule has 0 saturated carbocycles. The second-order valence-corrected chi connectivity index (χ2v) is 4.62. The molecule has 0 aliphatic rings. The molecule has 0 bridgehead atoms. The van der Waals surface area contributed by atoms with Gasteiger partial charge in [0.25, 0.3) is 0 Å². The number of benzene rings is 2. The number of aliphatic hydroxyl groups is 1. The molecule has 1 N–H and O–H groups in total. The lowest BCUT2D eigenvalue weighted by Crippen LogP contribution is -2.17. The van der Waals surface area contributed by atoms with Gasteiger partial charge in [0.2, 0.25) is 0 Å². The van der Waals surface area contributed by atoms with E-state index in [1.807, 2.05) is 42.5 Å². The summed E-state index contributed by atoms with van der Waals surface area (Å²) in [6.07, 6.45) is 1.34. The van der Waals surface area contributed by atoms with E-state index in [4.69, 9.17) is 4.74 Å². The number of rotatable bonds is 6. The zero-order valence-corrected chi connectivity index (χ0v) is 11.3. The predicted octanol–water partition coefficient (Wildman–Crippen LogP) is 3.89. The summed E-state index contributed by atoms with van der Waals surface area (Å²) in [5.74, 6) is 0.823. The van der Waals surface area contributed by atoms with Gasteiger partial charge in [-0.1, -0.05) is 61.9 Å². The van der Waals surface area contributed by atoms with Crippen molar-refractivity contribution in [2.75, 3.05) is 6.61 Å². The van der Waals surface area contributed by atoms with Crippen LogP contribution in [0.2, 0.25) is 0 Å². The van der Waals surface area contributed by atoms with Crippen molar-refractivity contribution in [1.82, 2.24) is 0 Å². The Morgan fingerprint density at radius 2 is 1.68 bits per heavy atom. The van der Waals surface area contributed by atoms with E-state index in [0.29, 0.717) is 6.61 Å². The third-order valence-electron chi connectivity index (χ3n) is 3.02. The van der Waals surface area contributed by atoms with Crippen LogP contribution in [-0.2, 0) is 0 Å². The number of aliphatic hydroxyl groups excluding tert-OH is 1. The van der Waals surface area contributed by atoms with E-state index in [2.05, 4.69) is 19.1 Å². The molecule has 0 saturated heterocycles. The lowest BCUT2D eigenvalue weighted by Gasteiger charge is -2.14. The van der Waals surface area contributed by atoms with Crippen molar-refractivity contribution in [3.05, 3.63) is 54.6 Å². The highest BCUT2D eigenvalue weighted by atomic mass is 16.5. The van der Waals surface area contributed by atoms with E-state index in [-0.39, 0.29) is 0 Å². The summed E-state index contributed by atoms with van der Waals surface area (Å²) in [6.45, 7) is 2.40. The summed E-state index contributed by atoms with van der Waals surface area (Å²) in [5, 5.41) is 9.75.